The van der Waals surface area contributed by atoms with Crippen LogP contribution in [0.1, 0.15) is 46.6 Å². The molecule has 1 aliphatic rings. The third-order valence-electron chi connectivity index (χ3n) is 7.06. The first kappa shape index (κ1) is 24.0. The number of nitrogens with zero attached hydrogens (tertiary/aromatic N) is 2. The smallest absolute Gasteiger partial charge is 0.266 e. The topological polar surface area (TPSA) is 45.2 Å². The highest BCUT2D eigenvalue weighted by Gasteiger charge is 2.31. The van der Waals surface area contributed by atoms with Gasteiger partial charge in [-0.2, -0.15) is 0 Å². The van der Waals surface area contributed by atoms with Crippen molar-refractivity contribution in [2.24, 2.45) is 0 Å². The first-order chi connectivity index (χ1) is 17.0. The summed E-state index contributed by atoms with van der Waals surface area (Å²) in [7, 11) is 2.02. The highest BCUT2D eigenvalue weighted by atomic mass is 35.5. The maximum Gasteiger partial charge on any atom is 0.266 e. The van der Waals surface area contributed by atoms with Gasteiger partial charge in [0, 0.05) is 46.2 Å². The highest BCUT2D eigenvalue weighted by Crippen LogP contribution is 2.37. The molecule has 2 heterocycles. The molecule has 1 aliphatic carbocycles. The van der Waals surface area contributed by atoms with E-state index >= 15 is 0 Å². The number of carbonyl (C=O) groups is 1. The number of aryl methyl sites for hydroxylation is 1. The van der Waals surface area contributed by atoms with Crippen LogP contribution < -0.4 is 5.32 Å². The van der Waals surface area contributed by atoms with Gasteiger partial charge in [0.05, 0.1) is 5.02 Å². The molecule has 6 heteroatoms. The van der Waals surface area contributed by atoms with E-state index in [9.17, 15) is 4.79 Å². The van der Waals surface area contributed by atoms with Crippen LogP contribution in [-0.4, -0.2) is 34.9 Å². The Bertz CT molecular complexity index is 1330. The molecule has 5 rings (SSSR count). The fraction of sp³-hybridized carbons (Fsp3) is 0.310. The van der Waals surface area contributed by atoms with Crippen molar-refractivity contribution < 1.29 is 4.79 Å². The van der Waals surface area contributed by atoms with E-state index in [2.05, 4.69) is 45.5 Å². The maximum atomic E-state index is 14.0. The third-order valence-corrected chi connectivity index (χ3v) is 8.72. The number of hydrogen-bond donors (Lipinski definition) is 1. The summed E-state index contributed by atoms with van der Waals surface area (Å²) in [6.45, 7) is 2.55. The van der Waals surface area contributed by atoms with Crippen molar-refractivity contribution in [3.63, 3.8) is 0 Å². The lowest BCUT2D eigenvalue weighted by molar-refractivity contribution is 0.0606. The van der Waals surface area contributed by atoms with Gasteiger partial charge < -0.3 is 10.2 Å². The second kappa shape index (κ2) is 10.5. The van der Waals surface area contributed by atoms with Crippen LogP contribution in [0, 0.1) is 6.92 Å². The van der Waals surface area contributed by atoms with Crippen molar-refractivity contribution in [3.05, 3.63) is 88.0 Å². The molecule has 1 amide bonds. The Labute approximate surface area is 216 Å². The van der Waals surface area contributed by atoms with E-state index in [1.165, 1.54) is 11.3 Å². The highest BCUT2D eigenvalue weighted by molar-refractivity contribution is 7.21. The van der Waals surface area contributed by atoms with Gasteiger partial charge in [-0.25, -0.2) is 0 Å². The Balaban J connectivity index is 1.47. The molecule has 0 spiro atoms. The molecule has 35 heavy (non-hydrogen) atoms. The van der Waals surface area contributed by atoms with Gasteiger partial charge in [-0.15, -0.1) is 11.3 Å². The van der Waals surface area contributed by atoms with Crippen molar-refractivity contribution in [3.8, 4) is 11.1 Å². The number of amides is 1. The molecule has 0 saturated heterocycles. The SMILES string of the molecule is CN[C@H]1CC[C@@H](N(Cc2cccc(-c3ccc(C)nc3)c2)C(=O)c2sc3ccccc3c2Cl)CC1. The number of rotatable bonds is 6. The minimum Gasteiger partial charge on any atom is -0.331 e. The van der Waals surface area contributed by atoms with Crippen LogP contribution in [0.5, 0.6) is 0 Å². The van der Waals surface area contributed by atoms with E-state index in [1.807, 2.05) is 50.5 Å². The van der Waals surface area contributed by atoms with Crippen LogP contribution in [0.4, 0.5) is 0 Å². The minimum absolute atomic E-state index is 0.0338. The van der Waals surface area contributed by atoms with Gasteiger partial charge in [-0.05, 0) is 69.0 Å². The Kier molecular flexibility index (Phi) is 7.19. The first-order valence-corrected chi connectivity index (χ1v) is 13.4. The monoisotopic (exact) mass is 503 g/mol. The van der Waals surface area contributed by atoms with E-state index in [4.69, 9.17) is 11.6 Å². The zero-order valence-corrected chi connectivity index (χ0v) is 21.7. The average molecular weight is 504 g/mol. The third kappa shape index (κ3) is 5.13. The van der Waals surface area contributed by atoms with E-state index in [0.717, 1.165) is 58.2 Å². The van der Waals surface area contributed by atoms with Gasteiger partial charge in [-0.1, -0.05) is 54.1 Å². The Morgan fingerprint density at radius 3 is 2.57 bits per heavy atom. The number of thiophene rings is 1. The normalized spacial score (nSPS) is 18.0. The molecular weight excluding hydrogens is 474 g/mol. The summed E-state index contributed by atoms with van der Waals surface area (Å²) in [6, 6.07) is 21.3. The van der Waals surface area contributed by atoms with Crippen molar-refractivity contribution in [1.29, 1.82) is 0 Å². The molecule has 4 nitrogen and oxygen atoms in total. The number of benzene rings is 2. The molecule has 0 unspecified atom stereocenters. The molecule has 4 aromatic rings. The Hall–Kier alpha value is -2.73. The molecule has 0 radical (unpaired) electrons. The number of aromatic nitrogens is 1. The van der Waals surface area contributed by atoms with Gasteiger partial charge >= 0.3 is 0 Å². The fourth-order valence-corrected chi connectivity index (χ4v) is 6.48. The van der Waals surface area contributed by atoms with E-state index in [1.54, 1.807) is 0 Å². The predicted octanol–water partition coefficient (Wildman–Crippen LogP) is 7.10. The van der Waals surface area contributed by atoms with Gasteiger partial charge in [-0.3, -0.25) is 9.78 Å². The summed E-state index contributed by atoms with van der Waals surface area (Å²) in [4.78, 5) is 21.2. The van der Waals surface area contributed by atoms with Gasteiger partial charge in [0.2, 0.25) is 0 Å². The molecule has 2 aromatic heterocycles. The summed E-state index contributed by atoms with van der Waals surface area (Å²) in [5.41, 5.74) is 4.31. The van der Waals surface area contributed by atoms with Crippen molar-refractivity contribution in [1.82, 2.24) is 15.2 Å². The molecule has 0 aliphatic heterocycles. The molecule has 0 bridgehead atoms. The molecule has 1 fully saturated rings. The molecule has 1 saturated carbocycles. The summed E-state index contributed by atoms with van der Waals surface area (Å²) in [5.74, 6) is 0.0338. The summed E-state index contributed by atoms with van der Waals surface area (Å²) in [6.07, 6.45) is 6.02. The molecule has 180 valence electrons. The summed E-state index contributed by atoms with van der Waals surface area (Å²) >= 11 is 8.25. The van der Waals surface area contributed by atoms with Crippen LogP contribution in [0.3, 0.4) is 0 Å². The van der Waals surface area contributed by atoms with Crippen LogP contribution in [0.15, 0.2) is 66.9 Å². The fourth-order valence-electron chi connectivity index (χ4n) is 5.01. The Morgan fingerprint density at radius 2 is 1.86 bits per heavy atom. The zero-order chi connectivity index (χ0) is 24.4. The number of nitrogens with one attached hydrogen (secondary N) is 1. The van der Waals surface area contributed by atoms with Gasteiger partial charge in [0.1, 0.15) is 4.88 Å². The second-order valence-corrected chi connectivity index (χ2v) is 10.8. The van der Waals surface area contributed by atoms with Crippen LogP contribution in [-0.2, 0) is 6.54 Å². The van der Waals surface area contributed by atoms with Crippen LogP contribution >= 0.6 is 22.9 Å². The minimum atomic E-state index is 0.0338. The van der Waals surface area contributed by atoms with Crippen molar-refractivity contribution in [2.45, 2.75) is 51.2 Å². The summed E-state index contributed by atoms with van der Waals surface area (Å²) in [5, 5.41) is 4.93. The molecular formula is C29H30ClN3OS. The zero-order valence-electron chi connectivity index (χ0n) is 20.1. The number of fused-ring (bicyclic) bond motifs is 1. The standard InChI is InChI=1S/C29H30ClN3OS/c1-19-10-11-22(17-32-19)21-7-5-6-20(16-21)18-33(24-14-12-23(31-2)13-15-24)29(34)28-27(30)25-8-3-4-9-26(25)35-28/h3-11,16-17,23-24,31H,12-15,18H2,1-2H3/t23-,24+. The van der Waals surface area contributed by atoms with Gasteiger partial charge in [0.25, 0.3) is 5.91 Å². The lowest BCUT2D eigenvalue weighted by atomic mass is 9.89. The largest absolute Gasteiger partial charge is 0.331 e. The number of hydrogen-bond acceptors (Lipinski definition) is 4. The number of carbonyl (C=O) groups excluding carboxylic acids is 1. The molecule has 0 atom stereocenters. The van der Waals surface area contributed by atoms with Crippen molar-refractivity contribution >= 4 is 38.9 Å². The first-order valence-electron chi connectivity index (χ1n) is 12.2. The van der Waals surface area contributed by atoms with Crippen LogP contribution in [0.2, 0.25) is 5.02 Å². The molecule has 2 aromatic carbocycles. The van der Waals surface area contributed by atoms with E-state index < -0.39 is 0 Å². The second-order valence-electron chi connectivity index (χ2n) is 9.36. The number of pyridine rings is 1. The lowest BCUT2D eigenvalue weighted by Crippen LogP contribution is -2.44. The molecule has 1 N–H and O–H groups in total. The average Bonchev–Trinajstić information content (AvgIpc) is 3.24. The van der Waals surface area contributed by atoms with Crippen molar-refractivity contribution in [2.75, 3.05) is 7.05 Å². The van der Waals surface area contributed by atoms with Gasteiger partial charge in [0.15, 0.2) is 0 Å². The number of halogens is 1. The predicted molar refractivity (Wildman–Crippen MR) is 146 cm³/mol. The summed E-state index contributed by atoms with van der Waals surface area (Å²) < 4.78 is 1.05. The van der Waals surface area contributed by atoms with E-state index in [-0.39, 0.29) is 11.9 Å². The Morgan fingerprint density at radius 1 is 1.06 bits per heavy atom. The maximum absolute atomic E-state index is 14.0. The lowest BCUT2D eigenvalue weighted by Gasteiger charge is -2.37. The quantitative estimate of drug-likeness (QED) is 0.305. The van der Waals surface area contributed by atoms with Crippen LogP contribution in [0.25, 0.3) is 21.2 Å². The van der Waals surface area contributed by atoms with E-state index in [0.29, 0.717) is 22.5 Å².